The van der Waals surface area contributed by atoms with E-state index in [0.717, 1.165) is 23.5 Å². The molecule has 3 heterocycles. The van der Waals surface area contributed by atoms with Gasteiger partial charge in [0.15, 0.2) is 22.1 Å². The van der Waals surface area contributed by atoms with Crippen LogP contribution < -0.4 is 15.1 Å². The molecule has 0 radical (unpaired) electrons. The number of phenolic OH excluding ortho intramolecular Hbond substituents is 1. The van der Waals surface area contributed by atoms with E-state index in [0.29, 0.717) is 11.3 Å². The lowest BCUT2D eigenvalue weighted by Gasteiger charge is -2.23. The molecule has 0 aliphatic carbocycles. The third-order valence-electron chi connectivity index (χ3n) is 5.80. The number of nitrogens with zero attached hydrogens (tertiary/aromatic N) is 2. The van der Waals surface area contributed by atoms with Crippen LogP contribution in [-0.2, 0) is 4.74 Å². The molecule has 2 aromatic carbocycles. The predicted octanol–water partition coefficient (Wildman–Crippen LogP) is 4.34. The van der Waals surface area contributed by atoms with E-state index in [1.165, 1.54) is 36.3 Å². The molecular formula is C25H19FN2O7S. The zero-order valence-electron chi connectivity index (χ0n) is 19.3. The first-order valence-corrected chi connectivity index (χ1v) is 11.7. The first-order chi connectivity index (χ1) is 17.2. The molecule has 36 heavy (non-hydrogen) atoms. The quantitative estimate of drug-likeness (QED) is 0.394. The van der Waals surface area contributed by atoms with Crippen LogP contribution in [0.2, 0.25) is 0 Å². The van der Waals surface area contributed by atoms with E-state index < -0.39 is 29.2 Å². The Morgan fingerprint density at radius 1 is 1.25 bits per heavy atom. The highest BCUT2D eigenvalue weighted by Crippen LogP contribution is 2.44. The van der Waals surface area contributed by atoms with Crippen LogP contribution in [-0.4, -0.2) is 35.7 Å². The van der Waals surface area contributed by atoms with Crippen LogP contribution >= 0.6 is 11.3 Å². The van der Waals surface area contributed by atoms with Crippen LogP contribution in [0, 0.1) is 12.7 Å². The molecule has 1 amide bonds. The predicted molar refractivity (Wildman–Crippen MR) is 129 cm³/mol. The Morgan fingerprint density at radius 3 is 2.75 bits per heavy atom. The minimum atomic E-state index is -1.05. The molecular weight excluding hydrogens is 491 g/mol. The number of halogens is 1. The summed E-state index contributed by atoms with van der Waals surface area (Å²) in [6.45, 7) is 3.45. The highest BCUT2D eigenvalue weighted by atomic mass is 32.1. The van der Waals surface area contributed by atoms with Gasteiger partial charge in [-0.25, -0.2) is 14.2 Å². The highest BCUT2D eigenvalue weighted by Gasteiger charge is 2.45. The Hall–Kier alpha value is -4.25. The lowest BCUT2D eigenvalue weighted by Crippen LogP contribution is -2.29. The molecule has 0 saturated heterocycles. The van der Waals surface area contributed by atoms with Crippen LogP contribution in [0.5, 0.6) is 11.5 Å². The van der Waals surface area contributed by atoms with Gasteiger partial charge in [-0.1, -0.05) is 17.4 Å². The van der Waals surface area contributed by atoms with Gasteiger partial charge in [-0.15, -0.1) is 0 Å². The summed E-state index contributed by atoms with van der Waals surface area (Å²) in [5.74, 6) is -2.11. The fraction of sp³-hybridized carbons (Fsp3) is 0.200. The number of hydrogen-bond acceptors (Lipinski definition) is 9. The Kier molecular flexibility index (Phi) is 5.71. The van der Waals surface area contributed by atoms with E-state index >= 15 is 0 Å². The highest BCUT2D eigenvalue weighted by molar-refractivity contribution is 7.17. The third-order valence-corrected chi connectivity index (χ3v) is 6.94. The van der Waals surface area contributed by atoms with Crippen molar-refractivity contribution in [3.8, 4) is 11.5 Å². The zero-order valence-corrected chi connectivity index (χ0v) is 20.1. The first-order valence-electron chi connectivity index (χ1n) is 10.9. The number of phenols is 1. The largest absolute Gasteiger partial charge is 0.504 e. The normalized spacial score (nSPS) is 14.8. The number of anilines is 1. The number of aromatic hydroxyl groups is 1. The second kappa shape index (κ2) is 8.76. The van der Waals surface area contributed by atoms with Crippen molar-refractivity contribution >= 4 is 39.3 Å². The van der Waals surface area contributed by atoms with Crippen molar-refractivity contribution in [2.45, 2.75) is 19.9 Å². The molecule has 1 N–H and O–H groups in total. The van der Waals surface area contributed by atoms with Crippen molar-refractivity contribution in [2.75, 3.05) is 18.6 Å². The standard InChI is InChI=1S/C25H19FN2O7S/c1-4-34-24(32)22-11(2)27-25(36-22)28-19(12-5-7-15(29)17(9-12)33-3)18-20(30)14-10-13(26)6-8-16(14)35-21(18)23(28)31/h5-10,19,29H,4H2,1-3H3. The van der Waals surface area contributed by atoms with E-state index in [-0.39, 0.29) is 50.4 Å². The number of carbonyl (C=O) groups excluding carboxylic acids is 2. The fourth-order valence-electron chi connectivity index (χ4n) is 4.19. The molecule has 0 spiro atoms. The number of thiazole rings is 1. The van der Waals surface area contributed by atoms with Gasteiger partial charge in [0.2, 0.25) is 5.76 Å². The summed E-state index contributed by atoms with van der Waals surface area (Å²) in [4.78, 5) is 45.5. The van der Waals surface area contributed by atoms with E-state index in [9.17, 15) is 23.9 Å². The second-order valence-corrected chi connectivity index (χ2v) is 8.93. The van der Waals surface area contributed by atoms with Crippen LogP contribution in [0.4, 0.5) is 9.52 Å². The van der Waals surface area contributed by atoms with E-state index in [4.69, 9.17) is 13.9 Å². The Labute approximate surface area is 207 Å². The lowest BCUT2D eigenvalue weighted by atomic mass is 9.98. The van der Waals surface area contributed by atoms with Gasteiger partial charge in [0, 0.05) is 0 Å². The number of amides is 1. The van der Waals surface area contributed by atoms with Gasteiger partial charge >= 0.3 is 5.97 Å². The molecule has 2 aromatic heterocycles. The molecule has 1 unspecified atom stereocenters. The SMILES string of the molecule is CCOC(=O)c1sc(N2C(=O)c3oc4ccc(F)cc4c(=O)c3C2c2ccc(O)c(OC)c2)nc1C. The summed E-state index contributed by atoms with van der Waals surface area (Å²) < 4.78 is 30.1. The second-order valence-electron chi connectivity index (χ2n) is 7.95. The van der Waals surface area contributed by atoms with Crippen LogP contribution in [0.25, 0.3) is 11.0 Å². The number of benzene rings is 2. The summed E-state index contributed by atoms with van der Waals surface area (Å²) in [5, 5.41) is 10.2. The number of carbonyl (C=O) groups is 2. The lowest BCUT2D eigenvalue weighted by molar-refractivity contribution is 0.0531. The topological polar surface area (TPSA) is 119 Å². The number of rotatable bonds is 5. The Bertz CT molecular complexity index is 1610. The number of fused-ring (bicyclic) bond motifs is 2. The molecule has 9 nitrogen and oxygen atoms in total. The zero-order chi connectivity index (χ0) is 25.7. The summed E-state index contributed by atoms with van der Waals surface area (Å²) in [6.07, 6.45) is 0. The maximum absolute atomic E-state index is 14.0. The van der Waals surface area contributed by atoms with Crippen LogP contribution in [0.3, 0.4) is 0 Å². The maximum Gasteiger partial charge on any atom is 0.350 e. The van der Waals surface area contributed by atoms with Crippen molar-refractivity contribution in [3.05, 3.63) is 79.9 Å². The Balaban J connectivity index is 1.77. The van der Waals surface area contributed by atoms with Crippen LogP contribution in [0.15, 0.2) is 45.6 Å². The molecule has 11 heteroatoms. The van der Waals surface area contributed by atoms with Crippen molar-refractivity contribution in [3.63, 3.8) is 0 Å². The van der Waals surface area contributed by atoms with Crippen molar-refractivity contribution < 1.29 is 33.0 Å². The van der Waals surface area contributed by atoms with Crippen LogP contribution in [0.1, 0.15) is 50.0 Å². The number of aryl methyl sites for hydroxylation is 1. The minimum absolute atomic E-state index is 0.0172. The van der Waals surface area contributed by atoms with E-state index in [1.54, 1.807) is 13.8 Å². The summed E-state index contributed by atoms with van der Waals surface area (Å²) in [5.41, 5.74) is 0.213. The molecule has 4 aromatic rings. The van der Waals surface area contributed by atoms with Gasteiger partial charge in [0.1, 0.15) is 16.3 Å². The Morgan fingerprint density at radius 2 is 2.03 bits per heavy atom. The van der Waals surface area contributed by atoms with Crippen molar-refractivity contribution in [1.29, 1.82) is 0 Å². The molecule has 1 atom stereocenters. The molecule has 1 aliphatic rings. The van der Waals surface area contributed by atoms with Gasteiger partial charge < -0.3 is 19.0 Å². The monoisotopic (exact) mass is 510 g/mol. The number of hydrogen-bond donors (Lipinski definition) is 1. The fourth-order valence-corrected chi connectivity index (χ4v) is 5.18. The number of aromatic nitrogens is 1. The average molecular weight is 510 g/mol. The third kappa shape index (κ3) is 3.59. The van der Waals surface area contributed by atoms with Crippen molar-refractivity contribution in [1.82, 2.24) is 4.98 Å². The summed E-state index contributed by atoms with van der Waals surface area (Å²) in [6, 6.07) is 6.80. The van der Waals surface area contributed by atoms with E-state index in [1.807, 2.05) is 0 Å². The van der Waals surface area contributed by atoms with Gasteiger partial charge in [-0.05, 0) is 49.7 Å². The van der Waals surface area contributed by atoms with Gasteiger partial charge in [-0.3, -0.25) is 14.5 Å². The average Bonchev–Trinajstić information content (AvgIpc) is 3.37. The molecule has 0 fully saturated rings. The van der Waals surface area contributed by atoms with Gasteiger partial charge in [0.05, 0.1) is 36.4 Å². The van der Waals surface area contributed by atoms with Gasteiger partial charge in [0.25, 0.3) is 5.91 Å². The van der Waals surface area contributed by atoms with Gasteiger partial charge in [-0.2, -0.15) is 0 Å². The number of ether oxygens (including phenoxy) is 2. The molecule has 0 saturated carbocycles. The number of methoxy groups -OCH3 is 1. The summed E-state index contributed by atoms with van der Waals surface area (Å²) >= 11 is 0.938. The van der Waals surface area contributed by atoms with E-state index in [2.05, 4.69) is 4.98 Å². The smallest absolute Gasteiger partial charge is 0.350 e. The molecule has 184 valence electrons. The first kappa shape index (κ1) is 23.5. The number of esters is 1. The summed E-state index contributed by atoms with van der Waals surface area (Å²) in [7, 11) is 1.37. The molecule has 5 rings (SSSR count). The maximum atomic E-state index is 14.0. The molecule has 1 aliphatic heterocycles. The minimum Gasteiger partial charge on any atom is -0.504 e. The molecule has 0 bridgehead atoms. The van der Waals surface area contributed by atoms with Crippen molar-refractivity contribution in [2.24, 2.45) is 0 Å².